The summed E-state index contributed by atoms with van der Waals surface area (Å²) >= 11 is 0. The van der Waals surface area contributed by atoms with Gasteiger partial charge in [0.05, 0.1) is 6.61 Å². The third-order valence-corrected chi connectivity index (χ3v) is 5.72. The number of likely N-dealkylation sites (tertiary alicyclic amines) is 1. The van der Waals surface area contributed by atoms with E-state index in [1.807, 2.05) is 0 Å². The second-order valence-electron chi connectivity index (χ2n) is 7.36. The molecular formula is C19H25NO2. The summed E-state index contributed by atoms with van der Waals surface area (Å²) in [5.74, 6) is 0.315. The number of hydrogen-bond donors (Lipinski definition) is 0. The van der Waals surface area contributed by atoms with E-state index in [-0.39, 0.29) is 5.41 Å². The van der Waals surface area contributed by atoms with Crippen LogP contribution in [0.2, 0.25) is 0 Å². The van der Waals surface area contributed by atoms with E-state index in [1.54, 1.807) is 0 Å². The molecule has 1 aliphatic carbocycles. The molecule has 4 rings (SSSR count). The smallest absolute Gasteiger partial charge is 0.222 e. The van der Waals surface area contributed by atoms with Crippen LogP contribution in [0.1, 0.15) is 48.8 Å². The molecule has 1 atom stereocenters. The van der Waals surface area contributed by atoms with Crippen LogP contribution in [-0.2, 0) is 28.9 Å². The molecule has 3 aliphatic rings. The zero-order valence-electron chi connectivity index (χ0n) is 13.3. The van der Waals surface area contributed by atoms with Gasteiger partial charge in [-0.3, -0.25) is 4.79 Å². The fraction of sp³-hybridized carbons (Fsp3) is 0.632. The Morgan fingerprint density at radius 2 is 1.95 bits per heavy atom. The Morgan fingerprint density at radius 3 is 2.77 bits per heavy atom. The highest BCUT2D eigenvalue weighted by molar-refractivity contribution is 5.77. The van der Waals surface area contributed by atoms with E-state index in [0.29, 0.717) is 12.3 Å². The molecule has 2 saturated heterocycles. The maximum absolute atomic E-state index is 12.3. The van der Waals surface area contributed by atoms with Gasteiger partial charge in [-0.2, -0.15) is 0 Å². The van der Waals surface area contributed by atoms with Crippen molar-refractivity contribution < 1.29 is 9.53 Å². The van der Waals surface area contributed by atoms with Gasteiger partial charge < -0.3 is 9.64 Å². The predicted molar refractivity (Wildman–Crippen MR) is 85.6 cm³/mol. The fourth-order valence-electron chi connectivity index (χ4n) is 4.32. The van der Waals surface area contributed by atoms with Crippen molar-refractivity contribution in [3.63, 3.8) is 0 Å². The molecule has 2 heterocycles. The number of amides is 1. The van der Waals surface area contributed by atoms with E-state index in [9.17, 15) is 4.79 Å². The van der Waals surface area contributed by atoms with E-state index < -0.39 is 0 Å². The van der Waals surface area contributed by atoms with Crippen LogP contribution >= 0.6 is 0 Å². The number of nitrogens with zero attached hydrogens (tertiary/aromatic N) is 1. The van der Waals surface area contributed by atoms with Gasteiger partial charge in [-0.05, 0) is 55.2 Å². The van der Waals surface area contributed by atoms with Crippen molar-refractivity contribution in [3.05, 3.63) is 34.9 Å². The predicted octanol–water partition coefficient (Wildman–Crippen LogP) is 3.09. The van der Waals surface area contributed by atoms with Gasteiger partial charge in [0.2, 0.25) is 5.91 Å². The summed E-state index contributed by atoms with van der Waals surface area (Å²) in [6, 6.07) is 6.85. The Labute approximate surface area is 132 Å². The van der Waals surface area contributed by atoms with Gasteiger partial charge >= 0.3 is 0 Å². The van der Waals surface area contributed by atoms with Crippen LogP contribution in [0.4, 0.5) is 0 Å². The van der Waals surface area contributed by atoms with Crippen molar-refractivity contribution in [1.82, 2.24) is 4.90 Å². The zero-order chi connectivity index (χ0) is 15.0. The highest BCUT2D eigenvalue weighted by atomic mass is 16.5. The third-order valence-electron chi connectivity index (χ3n) is 5.72. The number of hydrogen-bond acceptors (Lipinski definition) is 2. The summed E-state index contributed by atoms with van der Waals surface area (Å²) in [4.78, 5) is 14.4. The molecule has 0 unspecified atom stereocenters. The van der Waals surface area contributed by atoms with Gasteiger partial charge in [-0.1, -0.05) is 18.2 Å². The highest BCUT2D eigenvalue weighted by Gasteiger charge is 2.41. The lowest BCUT2D eigenvalue weighted by atomic mass is 9.79. The summed E-state index contributed by atoms with van der Waals surface area (Å²) in [6.07, 6.45) is 7.86. The summed E-state index contributed by atoms with van der Waals surface area (Å²) in [5.41, 5.74) is 4.56. The first-order valence-corrected chi connectivity index (χ1v) is 8.70. The molecule has 2 fully saturated rings. The number of benzene rings is 1. The molecule has 3 nitrogen and oxygen atoms in total. The number of carbonyl (C=O) groups excluding carboxylic acids is 1. The molecule has 0 radical (unpaired) electrons. The highest BCUT2D eigenvalue weighted by Crippen LogP contribution is 2.38. The van der Waals surface area contributed by atoms with Gasteiger partial charge in [0.15, 0.2) is 0 Å². The van der Waals surface area contributed by atoms with Crippen LogP contribution < -0.4 is 0 Å². The second kappa shape index (κ2) is 5.69. The largest absolute Gasteiger partial charge is 0.381 e. The maximum atomic E-state index is 12.3. The van der Waals surface area contributed by atoms with Gasteiger partial charge in [0.1, 0.15) is 0 Å². The van der Waals surface area contributed by atoms with Crippen LogP contribution in [-0.4, -0.2) is 30.6 Å². The average molecular weight is 299 g/mol. The first-order chi connectivity index (χ1) is 10.7. The average Bonchev–Trinajstić information content (AvgIpc) is 2.99. The van der Waals surface area contributed by atoms with Crippen molar-refractivity contribution >= 4 is 5.91 Å². The second-order valence-corrected chi connectivity index (χ2v) is 7.36. The topological polar surface area (TPSA) is 29.5 Å². The Hall–Kier alpha value is -1.35. The number of aryl methyl sites for hydroxylation is 2. The standard InChI is InChI=1S/C19H25NO2/c21-18-7-8-19(9-10-22-14-19)13-20(18)12-15-5-6-16-3-1-2-4-17(16)11-15/h5-6,11H,1-4,7-10,12-14H2/t19-/m1/s1. The van der Waals surface area contributed by atoms with Crippen molar-refractivity contribution in [2.45, 2.75) is 51.5 Å². The number of rotatable bonds is 2. The summed E-state index contributed by atoms with van der Waals surface area (Å²) < 4.78 is 5.61. The Bertz CT molecular complexity index is 575. The minimum absolute atomic E-state index is 0.238. The molecule has 0 bridgehead atoms. The molecule has 1 amide bonds. The molecule has 1 aromatic rings. The minimum atomic E-state index is 0.238. The molecule has 1 aromatic carbocycles. The number of ether oxygens (including phenoxy) is 1. The van der Waals surface area contributed by atoms with E-state index in [0.717, 1.165) is 39.1 Å². The van der Waals surface area contributed by atoms with Crippen molar-refractivity contribution in [3.8, 4) is 0 Å². The minimum Gasteiger partial charge on any atom is -0.381 e. The van der Waals surface area contributed by atoms with Crippen LogP contribution in [0.15, 0.2) is 18.2 Å². The molecule has 2 aliphatic heterocycles. The van der Waals surface area contributed by atoms with Crippen LogP contribution in [0.25, 0.3) is 0 Å². The summed E-state index contributed by atoms with van der Waals surface area (Å²) in [7, 11) is 0. The van der Waals surface area contributed by atoms with E-state index >= 15 is 0 Å². The molecule has 22 heavy (non-hydrogen) atoms. The molecule has 1 spiro atoms. The Morgan fingerprint density at radius 1 is 1.09 bits per heavy atom. The lowest BCUT2D eigenvalue weighted by molar-refractivity contribution is -0.138. The molecule has 0 N–H and O–H groups in total. The van der Waals surface area contributed by atoms with Crippen molar-refractivity contribution in [1.29, 1.82) is 0 Å². The maximum Gasteiger partial charge on any atom is 0.222 e. The molecule has 118 valence electrons. The number of carbonyl (C=O) groups is 1. The first-order valence-electron chi connectivity index (χ1n) is 8.70. The Balaban J connectivity index is 1.50. The number of piperidine rings is 1. The molecule has 0 aromatic heterocycles. The normalized spacial score (nSPS) is 28.2. The number of fused-ring (bicyclic) bond motifs is 1. The molecule has 0 saturated carbocycles. The first kappa shape index (κ1) is 14.3. The van der Waals surface area contributed by atoms with Gasteiger partial charge in [-0.15, -0.1) is 0 Å². The molecule has 3 heteroatoms. The summed E-state index contributed by atoms with van der Waals surface area (Å²) in [5, 5.41) is 0. The van der Waals surface area contributed by atoms with Crippen LogP contribution in [0, 0.1) is 5.41 Å². The lowest BCUT2D eigenvalue weighted by Crippen LogP contribution is -2.46. The lowest BCUT2D eigenvalue weighted by Gasteiger charge is -2.39. The fourth-order valence-corrected chi connectivity index (χ4v) is 4.32. The van der Waals surface area contributed by atoms with E-state index in [4.69, 9.17) is 4.74 Å². The Kier molecular flexibility index (Phi) is 3.69. The SMILES string of the molecule is O=C1CC[C@@]2(CCOC2)CN1Cc1ccc2c(c1)CCCC2. The van der Waals surface area contributed by atoms with Crippen molar-refractivity contribution in [2.75, 3.05) is 19.8 Å². The monoisotopic (exact) mass is 299 g/mol. The van der Waals surface area contributed by atoms with E-state index in [2.05, 4.69) is 23.1 Å². The third kappa shape index (κ3) is 2.67. The van der Waals surface area contributed by atoms with Gasteiger partial charge in [-0.25, -0.2) is 0 Å². The van der Waals surface area contributed by atoms with Crippen molar-refractivity contribution in [2.24, 2.45) is 5.41 Å². The zero-order valence-corrected chi connectivity index (χ0v) is 13.3. The van der Waals surface area contributed by atoms with Gasteiger partial charge in [0, 0.05) is 31.5 Å². The molecular weight excluding hydrogens is 274 g/mol. The summed E-state index contributed by atoms with van der Waals surface area (Å²) in [6.45, 7) is 3.35. The van der Waals surface area contributed by atoms with Crippen LogP contribution in [0.3, 0.4) is 0 Å². The van der Waals surface area contributed by atoms with E-state index in [1.165, 1.54) is 42.4 Å². The quantitative estimate of drug-likeness (QED) is 0.840. The van der Waals surface area contributed by atoms with Crippen LogP contribution in [0.5, 0.6) is 0 Å². The van der Waals surface area contributed by atoms with Gasteiger partial charge in [0.25, 0.3) is 0 Å².